The third kappa shape index (κ3) is 3.91. The number of aryl methyl sites for hydroxylation is 1. The van der Waals surface area contributed by atoms with E-state index in [1.54, 1.807) is 7.11 Å². The van der Waals surface area contributed by atoms with Gasteiger partial charge < -0.3 is 14.8 Å². The van der Waals surface area contributed by atoms with Gasteiger partial charge in [0.2, 0.25) is 0 Å². The maximum absolute atomic E-state index is 5.65. The molecular weight excluding hydrogens is 330 g/mol. The first-order valence-corrected chi connectivity index (χ1v) is 7.73. The van der Waals surface area contributed by atoms with Crippen molar-refractivity contribution in [3.05, 3.63) is 52.0 Å². The molecule has 0 atom stereocenters. The molecule has 0 fully saturated rings. The number of hydrogen-bond donors (Lipinski definition) is 1. The second-order valence-corrected chi connectivity index (χ2v) is 5.61. The van der Waals surface area contributed by atoms with Gasteiger partial charge in [-0.15, -0.1) is 0 Å². The van der Waals surface area contributed by atoms with Gasteiger partial charge in [-0.25, -0.2) is 0 Å². The third-order valence-corrected chi connectivity index (χ3v) is 3.67. The molecule has 112 valence electrons. The Hall–Kier alpha value is -1.68. The van der Waals surface area contributed by atoms with Crippen LogP contribution in [0.15, 0.2) is 40.9 Å². The summed E-state index contributed by atoms with van der Waals surface area (Å²) in [6.07, 6.45) is 0. The fourth-order valence-electron chi connectivity index (χ4n) is 2.23. The number of ether oxygens (including phenoxy) is 2. The van der Waals surface area contributed by atoms with E-state index in [0.29, 0.717) is 13.2 Å². The minimum Gasteiger partial charge on any atom is -0.495 e. The fraction of sp³-hybridized carbons (Fsp3) is 0.294. The summed E-state index contributed by atoms with van der Waals surface area (Å²) in [6.45, 7) is 5.41. The maximum Gasteiger partial charge on any atom is 0.143 e. The molecule has 0 aliphatic rings. The molecule has 0 aliphatic carbocycles. The predicted molar refractivity (Wildman–Crippen MR) is 90.4 cm³/mol. The lowest BCUT2D eigenvalue weighted by atomic mass is 10.1. The largest absolute Gasteiger partial charge is 0.495 e. The molecule has 2 aromatic rings. The number of hydrogen-bond acceptors (Lipinski definition) is 3. The van der Waals surface area contributed by atoms with E-state index in [-0.39, 0.29) is 0 Å². The molecule has 0 saturated heterocycles. The van der Waals surface area contributed by atoms with Gasteiger partial charge in [0.1, 0.15) is 11.5 Å². The smallest absolute Gasteiger partial charge is 0.143 e. The van der Waals surface area contributed by atoms with Crippen molar-refractivity contribution in [1.82, 2.24) is 0 Å². The molecule has 4 heteroatoms. The second-order valence-electron chi connectivity index (χ2n) is 4.69. The molecule has 1 N–H and O–H groups in total. The highest BCUT2D eigenvalue weighted by atomic mass is 79.9. The van der Waals surface area contributed by atoms with Crippen LogP contribution in [0.25, 0.3) is 0 Å². The molecule has 0 spiro atoms. The minimum atomic E-state index is 0.664. The standard InChI is InChI=1S/C17H20BrNO2/c1-4-21-15-8-6-5-7-13(15)11-19-17-12(2)9-14(18)10-16(17)20-3/h5-10,19H,4,11H2,1-3H3. The van der Waals surface area contributed by atoms with E-state index >= 15 is 0 Å². The Morgan fingerprint density at radius 2 is 1.90 bits per heavy atom. The van der Waals surface area contributed by atoms with Crippen LogP contribution in [-0.2, 0) is 6.54 Å². The van der Waals surface area contributed by atoms with Gasteiger partial charge in [-0.1, -0.05) is 34.1 Å². The molecule has 0 amide bonds. The van der Waals surface area contributed by atoms with Crippen LogP contribution < -0.4 is 14.8 Å². The van der Waals surface area contributed by atoms with Gasteiger partial charge >= 0.3 is 0 Å². The quantitative estimate of drug-likeness (QED) is 0.814. The third-order valence-electron chi connectivity index (χ3n) is 3.21. The monoisotopic (exact) mass is 349 g/mol. The summed E-state index contributed by atoms with van der Waals surface area (Å²) >= 11 is 3.49. The van der Waals surface area contributed by atoms with Crippen molar-refractivity contribution in [2.24, 2.45) is 0 Å². The van der Waals surface area contributed by atoms with Crippen LogP contribution in [0.4, 0.5) is 5.69 Å². The minimum absolute atomic E-state index is 0.664. The van der Waals surface area contributed by atoms with Gasteiger partial charge in [0.25, 0.3) is 0 Å². The van der Waals surface area contributed by atoms with Gasteiger partial charge in [0.05, 0.1) is 19.4 Å². The van der Waals surface area contributed by atoms with Crippen LogP contribution in [0.1, 0.15) is 18.1 Å². The van der Waals surface area contributed by atoms with Crippen molar-refractivity contribution in [3.63, 3.8) is 0 Å². The fourth-order valence-corrected chi connectivity index (χ4v) is 2.78. The van der Waals surface area contributed by atoms with Gasteiger partial charge in [-0.3, -0.25) is 0 Å². The number of halogens is 1. The van der Waals surface area contributed by atoms with E-state index in [2.05, 4.69) is 40.3 Å². The van der Waals surface area contributed by atoms with Gasteiger partial charge in [0.15, 0.2) is 0 Å². The van der Waals surface area contributed by atoms with E-state index in [0.717, 1.165) is 32.8 Å². The Morgan fingerprint density at radius 3 is 2.62 bits per heavy atom. The first kappa shape index (κ1) is 15.7. The molecule has 0 radical (unpaired) electrons. The van der Waals surface area contributed by atoms with Crippen LogP contribution >= 0.6 is 15.9 Å². The Labute approximate surface area is 134 Å². The normalized spacial score (nSPS) is 10.3. The number of methoxy groups -OCH3 is 1. The van der Waals surface area contributed by atoms with E-state index < -0.39 is 0 Å². The first-order valence-electron chi connectivity index (χ1n) is 6.94. The lowest BCUT2D eigenvalue weighted by Gasteiger charge is -2.16. The lowest BCUT2D eigenvalue weighted by Crippen LogP contribution is -2.05. The van der Waals surface area contributed by atoms with Gasteiger partial charge in [-0.2, -0.15) is 0 Å². The molecule has 0 heterocycles. The number of rotatable bonds is 6. The zero-order valence-electron chi connectivity index (χ0n) is 12.6. The summed E-state index contributed by atoms with van der Waals surface area (Å²) in [4.78, 5) is 0. The topological polar surface area (TPSA) is 30.5 Å². The average molecular weight is 350 g/mol. The number of nitrogens with one attached hydrogen (secondary N) is 1. The lowest BCUT2D eigenvalue weighted by molar-refractivity contribution is 0.337. The predicted octanol–water partition coefficient (Wildman–Crippen LogP) is 4.78. The average Bonchev–Trinajstić information content (AvgIpc) is 2.47. The number of para-hydroxylation sites is 1. The number of anilines is 1. The summed E-state index contributed by atoms with van der Waals surface area (Å²) in [6, 6.07) is 12.1. The molecule has 3 nitrogen and oxygen atoms in total. The van der Waals surface area contributed by atoms with Gasteiger partial charge in [0, 0.05) is 16.6 Å². The van der Waals surface area contributed by atoms with Crippen molar-refractivity contribution >= 4 is 21.6 Å². The van der Waals surface area contributed by atoms with Crippen molar-refractivity contribution in [2.75, 3.05) is 19.0 Å². The van der Waals surface area contributed by atoms with Crippen LogP contribution in [0, 0.1) is 6.92 Å². The molecule has 2 aromatic carbocycles. The van der Waals surface area contributed by atoms with Crippen LogP contribution in [0.5, 0.6) is 11.5 Å². The highest BCUT2D eigenvalue weighted by Crippen LogP contribution is 2.33. The van der Waals surface area contributed by atoms with Crippen molar-refractivity contribution in [3.8, 4) is 11.5 Å². The summed E-state index contributed by atoms with van der Waals surface area (Å²) in [5.41, 5.74) is 3.27. The van der Waals surface area contributed by atoms with Crippen molar-refractivity contribution in [2.45, 2.75) is 20.4 Å². The van der Waals surface area contributed by atoms with Crippen LogP contribution in [0.2, 0.25) is 0 Å². The van der Waals surface area contributed by atoms with E-state index in [1.165, 1.54) is 0 Å². The maximum atomic E-state index is 5.65. The Balaban J connectivity index is 2.21. The Kier molecular flexibility index (Phi) is 5.51. The zero-order chi connectivity index (χ0) is 15.2. The van der Waals surface area contributed by atoms with E-state index in [4.69, 9.17) is 9.47 Å². The van der Waals surface area contributed by atoms with Crippen LogP contribution in [-0.4, -0.2) is 13.7 Å². The Morgan fingerprint density at radius 1 is 1.14 bits per heavy atom. The van der Waals surface area contributed by atoms with E-state index in [1.807, 2.05) is 31.2 Å². The molecular formula is C17H20BrNO2. The van der Waals surface area contributed by atoms with E-state index in [9.17, 15) is 0 Å². The molecule has 0 aliphatic heterocycles. The first-order chi connectivity index (χ1) is 10.2. The second kappa shape index (κ2) is 7.36. The summed E-state index contributed by atoms with van der Waals surface area (Å²) in [5.74, 6) is 1.75. The van der Waals surface area contributed by atoms with Gasteiger partial charge in [-0.05, 0) is 37.6 Å². The SMILES string of the molecule is CCOc1ccccc1CNc1c(C)cc(Br)cc1OC. The summed E-state index contributed by atoms with van der Waals surface area (Å²) in [5, 5.41) is 3.45. The summed E-state index contributed by atoms with van der Waals surface area (Å²) in [7, 11) is 1.68. The molecule has 2 rings (SSSR count). The van der Waals surface area contributed by atoms with Crippen molar-refractivity contribution < 1.29 is 9.47 Å². The molecule has 0 saturated carbocycles. The molecule has 0 unspecified atom stereocenters. The zero-order valence-corrected chi connectivity index (χ0v) is 14.2. The summed E-state index contributed by atoms with van der Waals surface area (Å²) < 4.78 is 12.1. The van der Waals surface area contributed by atoms with Crippen molar-refractivity contribution in [1.29, 1.82) is 0 Å². The molecule has 0 bridgehead atoms. The Bertz CT molecular complexity index is 614. The molecule has 0 aromatic heterocycles. The molecule has 21 heavy (non-hydrogen) atoms. The number of benzene rings is 2. The highest BCUT2D eigenvalue weighted by molar-refractivity contribution is 9.10. The highest BCUT2D eigenvalue weighted by Gasteiger charge is 2.09. The van der Waals surface area contributed by atoms with Crippen LogP contribution in [0.3, 0.4) is 0 Å².